The maximum absolute atomic E-state index is 12.4. The zero-order valence-electron chi connectivity index (χ0n) is 15.2. The zero-order chi connectivity index (χ0) is 19.8. The SMILES string of the molecule is Cc1ccc(C(=O)[O-])cc1N=C1NC(=O)/C(=C\c2cn(C)c3ccccc23)S1. The number of carboxylic acids is 1. The Labute approximate surface area is 165 Å². The molecule has 28 heavy (non-hydrogen) atoms. The van der Waals surface area contributed by atoms with Gasteiger partial charge in [-0.05, 0) is 48.0 Å². The Balaban J connectivity index is 1.68. The molecule has 0 spiro atoms. The van der Waals surface area contributed by atoms with E-state index >= 15 is 0 Å². The van der Waals surface area contributed by atoms with Gasteiger partial charge in [-0.3, -0.25) is 4.79 Å². The number of aromatic nitrogens is 1. The molecule has 0 aliphatic carbocycles. The second kappa shape index (κ2) is 7.01. The predicted octanol–water partition coefficient (Wildman–Crippen LogP) is 2.74. The first-order valence-corrected chi connectivity index (χ1v) is 9.39. The van der Waals surface area contributed by atoms with Crippen LogP contribution in [0.5, 0.6) is 0 Å². The van der Waals surface area contributed by atoms with Crippen molar-refractivity contribution in [2.75, 3.05) is 0 Å². The van der Waals surface area contributed by atoms with Crippen LogP contribution in [-0.2, 0) is 11.8 Å². The maximum atomic E-state index is 12.4. The molecule has 140 valence electrons. The lowest BCUT2D eigenvalue weighted by Crippen LogP contribution is -2.22. The molecule has 1 aromatic heterocycles. The Hall–Kier alpha value is -3.32. The third-order valence-electron chi connectivity index (χ3n) is 4.53. The summed E-state index contributed by atoms with van der Waals surface area (Å²) < 4.78 is 2.02. The van der Waals surface area contributed by atoms with Crippen LogP contribution in [0.1, 0.15) is 21.5 Å². The quantitative estimate of drug-likeness (QED) is 0.697. The first-order valence-electron chi connectivity index (χ1n) is 8.58. The Morgan fingerprint density at radius 3 is 2.82 bits per heavy atom. The van der Waals surface area contributed by atoms with Gasteiger partial charge in [-0.2, -0.15) is 0 Å². The molecule has 7 heteroatoms. The van der Waals surface area contributed by atoms with Gasteiger partial charge in [0, 0.05) is 29.7 Å². The molecule has 3 aromatic rings. The standard InChI is InChI=1S/C21H17N3O3S/c1-12-7-8-13(20(26)27)9-16(12)22-21-23-19(25)18(28-21)10-14-11-24(2)17-6-4-3-5-15(14)17/h3-11H,1-2H3,(H,26,27)(H,22,23,25)/p-1/b18-10+. The van der Waals surface area contributed by atoms with Gasteiger partial charge < -0.3 is 19.8 Å². The summed E-state index contributed by atoms with van der Waals surface area (Å²) in [4.78, 5) is 28.4. The minimum atomic E-state index is -1.26. The van der Waals surface area contributed by atoms with Gasteiger partial charge in [0.25, 0.3) is 5.91 Å². The number of aliphatic imine (C=N–C) groups is 1. The fraction of sp³-hybridized carbons (Fsp3) is 0.0952. The number of carboxylic acid groups (broad SMARTS) is 1. The Kier molecular flexibility index (Phi) is 4.52. The van der Waals surface area contributed by atoms with Gasteiger partial charge in [0.05, 0.1) is 16.6 Å². The van der Waals surface area contributed by atoms with E-state index in [4.69, 9.17) is 0 Å². The van der Waals surface area contributed by atoms with Crippen molar-refractivity contribution >= 4 is 51.5 Å². The van der Waals surface area contributed by atoms with Crippen LogP contribution in [0.4, 0.5) is 5.69 Å². The number of amides is 1. The van der Waals surface area contributed by atoms with Gasteiger partial charge in [0.1, 0.15) is 0 Å². The van der Waals surface area contributed by atoms with Crippen molar-refractivity contribution in [3.63, 3.8) is 0 Å². The van der Waals surface area contributed by atoms with Crippen molar-refractivity contribution in [1.82, 2.24) is 9.88 Å². The topological polar surface area (TPSA) is 86.5 Å². The van der Waals surface area contributed by atoms with Crippen molar-refractivity contribution in [3.8, 4) is 0 Å². The molecule has 1 saturated heterocycles. The Bertz CT molecular complexity index is 1190. The number of hydrogen-bond acceptors (Lipinski definition) is 5. The van der Waals surface area contributed by atoms with Gasteiger partial charge in [-0.1, -0.05) is 30.3 Å². The van der Waals surface area contributed by atoms with Crippen LogP contribution >= 0.6 is 11.8 Å². The molecule has 1 aliphatic rings. The van der Waals surface area contributed by atoms with E-state index in [1.54, 1.807) is 6.07 Å². The van der Waals surface area contributed by atoms with Crippen molar-refractivity contribution in [2.24, 2.45) is 12.0 Å². The van der Waals surface area contributed by atoms with Crippen molar-refractivity contribution in [2.45, 2.75) is 6.92 Å². The van der Waals surface area contributed by atoms with Crippen LogP contribution in [-0.4, -0.2) is 21.6 Å². The first kappa shape index (κ1) is 18.1. The van der Waals surface area contributed by atoms with E-state index < -0.39 is 5.97 Å². The molecule has 0 unspecified atom stereocenters. The van der Waals surface area contributed by atoms with Crippen molar-refractivity contribution in [3.05, 3.63) is 70.3 Å². The van der Waals surface area contributed by atoms with Crippen LogP contribution in [0, 0.1) is 6.92 Å². The molecule has 0 saturated carbocycles. The number of nitrogens with one attached hydrogen (secondary N) is 1. The molecular weight excluding hydrogens is 374 g/mol. The van der Waals surface area contributed by atoms with Gasteiger partial charge in [0.15, 0.2) is 5.17 Å². The summed E-state index contributed by atoms with van der Waals surface area (Å²) in [6.45, 7) is 1.83. The smallest absolute Gasteiger partial charge is 0.264 e. The number of hydrogen-bond donors (Lipinski definition) is 1. The summed E-state index contributed by atoms with van der Waals surface area (Å²) in [5.41, 5.74) is 3.37. The van der Waals surface area contributed by atoms with E-state index in [-0.39, 0.29) is 11.5 Å². The zero-order valence-corrected chi connectivity index (χ0v) is 16.0. The minimum absolute atomic E-state index is 0.0470. The molecule has 2 heterocycles. The molecule has 1 aliphatic heterocycles. The van der Waals surface area contributed by atoms with E-state index in [2.05, 4.69) is 10.3 Å². The highest BCUT2D eigenvalue weighted by Gasteiger charge is 2.24. The second-order valence-corrected chi connectivity index (χ2v) is 7.51. The first-order chi connectivity index (χ1) is 13.4. The second-order valence-electron chi connectivity index (χ2n) is 6.48. The summed E-state index contributed by atoms with van der Waals surface area (Å²) in [5, 5.41) is 15.3. The van der Waals surface area contributed by atoms with Crippen LogP contribution in [0.15, 0.2) is 58.6 Å². The molecule has 0 bridgehead atoms. The summed E-state index contributed by atoms with van der Waals surface area (Å²) in [5.74, 6) is -1.49. The van der Waals surface area contributed by atoms with E-state index in [0.717, 1.165) is 22.0 Å². The lowest BCUT2D eigenvalue weighted by Gasteiger charge is -2.06. The highest BCUT2D eigenvalue weighted by atomic mass is 32.2. The van der Waals surface area contributed by atoms with Gasteiger partial charge >= 0.3 is 0 Å². The molecular formula is C21H16N3O3S-. The van der Waals surface area contributed by atoms with E-state index in [9.17, 15) is 14.7 Å². The number of aryl methyl sites for hydroxylation is 2. The lowest BCUT2D eigenvalue weighted by molar-refractivity contribution is -0.255. The summed E-state index contributed by atoms with van der Waals surface area (Å²) in [6.07, 6.45) is 3.82. The number of carbonyl (C=O) groups is 2. The Morgan fingerprint density at radius 1 is 1.25 bits per heavy atom. The molecule has 6 nitrogen and oxygen atoms in total. The largest absolute Gasteiger partial charge is 0.545 e. The van der Waals surface area contributed by atoms with E-state index in [1.807, 2.05) is 55.1 Å². The maximum Gasteiger partial charge on any atom is 0.264 e. The molecule has 4 rings (SSSR count). The van der Waals surface area contributed by atoms with Crippen LogP contribution in [0.25, 0.3) is 17.0 Å². The third kappa shape index (κ3) is 3.32. The number of amidine groups is 1. The minimum Gasteiger partial charge on any atom is -0.545 e. The summed E-state index contributed by atoms with van der Waals surface area (Å²) in [7, 11) is 1.96. The molecule has 0 atom stereocenters. The van der Waals surface area contributed by atoms with Crippen molar-refractivity contribution < 1.29 is 14.7 Å². The average Bonchev–Trinajstić information content (AvgIpc) is 3.17. The number of carbonyl (C=O) groups excluding carboxylic acids is 2. The third-order valence-corrected chi connectivity index (χ3v) is 5.44. The van der Waals surface area contributed by atoms with Gasteiger partial charge in [-0.25, -0.2) is 4.99 Å². The average molecular weight is 390 g/mol. The van der Waals surface area contributed by atoms with E-state index in [1.165, 1.54) is 23.9 Å². The summed E-state index contributed by atoms with van der Waals surface area (Å²) >= 11 is 1.23. The van der Waals surface area contributed by atoms with E-state index in [0.29, 0.717) is 15.8 Å². The number of fused-ring (bicyclic) bond motifs is 1. The highest BCUT2D eigenvalue weighted by Crippen LogP contribution is 2.31. The predicted molar refractivity (Wildman–Crippen MR) is 109 cm³/mol. The number of rotatable bonds is 3. The van der Waals surface area contributed by atoms with Crippen LogP contribution < -0.4 is 10.4 Å². The monoisotopic (exact) mass is 390 g/mol. The van der Waals surface area contributed by atoms with Gasteiger partial charge in [0.2, 0.25) is 0 Å². The lowest BCUT2D eigenvalue weighted by atomic mass is 10.1. The number of aromatic carboxylic acids is 1. The van der Waals surface area contributed by atoms with Crippen LogP contribution in [0.3, 0.4) is 0 Å². The van der Waals surface area contributed by atoms with Gasteiger partial charge in [-0.15, -0.1) is 0 Å². The highest BCUT2D eigenvalue weighted by molar-refractivity contribution is 8.18. The van der Waals surface area contributed by atoms with Crippen molar-refractivity contribution in [1.29, 1.82) is 0 Å². The fourth-order valence-electron chi connectivity index (χ4n) is 3.08. The molecule has 2 aromatic carbocycles. The fourth-order valence-corrected chi connectivity index (χ4v) is 3.90. The molecule has 1 amide bonds. The molecule has 1 N–H and O–H groups in total. The number of benzene rings is 2. The van der Waals surface area contributed by atoms with Crippen LogP contribution in [0.2, 0.25) is 0 Å². The number of para-hydroxylation sites is 1. The summed E-state index contributed by atoms with van der Waals surface area (Å²) in [6, 6.07) is 12.6. The molecule has 1 fully saturated rings. The normalized spacial score (nSPS) is 16.9. The number of thioether (sulfide) groups is 1. The molecule has 0 radical (unpaired) electrons. The Morgan fingerprint density at radius 2 is 2.04 bits per heavy atom. The number of nitrogens with zero attached hydrogens (tertiary/aromatic N) is 2.